The van der Waals surface area contributed by atoms with Gasteiger partial charge < -0.3 is 5.32 Å². The monoisotopic (exact) mass is 224 g/mol. The first-order chi connectivity index (χ1) is 7.47. The van der Waals surface area contributed by atoms with E-state index in [-0.39, 0.29) is 0 Å². The Bertz CT molecular complexity index is 274. The predicted octanol–water partition coefficient (Wildman–Crippen LogP) is 2.08. The fourth-order valence-electron chi connectivity index (χ4n) is 1.47. The molecule has 1 unspecified atom stereocenters. The summed E-state index contributed by atoms with van der Waals surface area (Å²) < 4.78 is 1.88. The van der Waals surface area contributed by atoms with Crippen molar-refractivity contribution in [1.29, 1.82) is 0 Å². The van der Waals surface area contributed by atoms with Crippen LogP contribution in [-0.4, -0.2) is 27.4 Å². The third kappa shape index (κ3) is 5.85. The van der Waals surface area contributed by atoms with Crippen LogP contribution in [-0.2, 0) is 6.54 Å². The molecule has 1 rings (SSSR count). The normalized spacial score (nSPS) is 14.0. The van der Waals surface area contributed by atoms with Crippen LogP contribution in [0.5, 0.6) is 0 Å². The van der Waals surface area contributed by atoms with Gasteiger partial charge in [0.2, 0.25) is 0 Å². The van der Waals surface area contributed by atoms with E-state index in [1.54, 1.807) is 12.7 Å². The van der Waals surface area contributed by atoms with Gasteiger partial charge in [-0.2, -0.15) is 5.10 Å². The third-order valence-corrected chi connectivity index (χ3v) is 2.63. The molecule has 0 spiro atoms. The molecule has 0 amide bonds. The molecule has 1 aromatic rings. The van der Waals surface area contributed by atoms with Crippen LogP contribution in [0, 0.1) is 5.41 Å². The molecule has 0 radical (unpaired) electrons. The summed E-state index contributed by atoms with van der Waals surface area (Å²) in [5, 5.41) is 7.63. The van der Waals surface area contributed by atoms with Gasteiger partial charge in [-0.1, -0.05) is 20.8 Å². The second kappa shape index (κ2) is 5.99. The molecule has 92 valence electrons. The van der Waals surface area contributed by atoms with E-state index in [2.05, 4.69) is 43.1 Å². The lowest BCUT2D eigenvalue weighted by Gasteiger charge is -2.20. The molecule has 0 aliphatic carbocycles. The van der Waals surface area contributed by atoms with E-state index < -0.39 is 0 Å². The number of nitrogens with zero attached hydrogens (tertiary/aromatic N) is 3. The van der Waals surface area contributed by atoms with Crippen molar-refractivity contribution < 1.29 is 0 Å². The maximum absolute atomic E-state index is 4.09. The van der Waals surface area contributed by atoms with Crippen LogP contribution in [0.25, 0.3) is 0 Å². The first kappa shape index (κ1) is 13.2. The van der Waals surface area contributed by atoms with Crippen molar-refractivity contribution in [2.24, 2.45) is 5.41 Å². The summed E-state index contributed by atoms with van der Waals surface area (Å²) in [5.41, 5.74) is 0.415. The van der Waals surface area contributed by atoms with E-state index in [1.165, 1.54) is 6.42 Å². The summed E-state index contributed by atoms with van der Waals surface area (Å²) in [6.45, 7) is 11.1. The molecule has 0 saturated heterocycles. The summed E-state index contributed by atoms with van der Waals surface area (Å²) in [6.07, 6.45) is 5.65. The van der Waals surface area contributed by atoms with Crippen molar-refractivity contribution in [3.8, 4) is 0 Å². The number of hydrogen-bond acceptors (Lipinski definition) is 3. The van der Waals surface area contributed by atoms with E-state index in [0.717, 1.165) is 19.5 Å². The number of aryl methyl sites for hydroxylation is 1. The van der Waals surface area contributed by atoms with Gasteiger partial charge in [-0.15, -0.1) is 0 Å². The molecule has 0 saturated carbocycles. The smallest absolute Gasteiger partial charge is 0.137 e. The van der Waals surface area contributed by atoms with E-state index in [9.17, 15) is 0 Å². The molecule has 4 heteroatoms. The fraction of sp³-hybridized carbons (Fsp3) is 0.833. The first-order valence-corrected chi connectivity index (χ1v) is 6.03. The average molecular weight is 224 g/mol. The Morgan fingerprint density at radius 2 is 2.12 bits per heavy atom. The molecule has 1 heterocycles. The summed E-state index contributed by atoms with van der Waals surface area (Å²) in [4.78, 5) is 3.93. The molecule has 0 bridgehead atoms. The molecular formula is C12H24N4. The quantitative estimate of drug-likeness (QED) is 0.804. The molecule has 16 heavy (non-hydrogen) atoms. The zero-order valence-corrected chi connectivity index (χ0v) is 10.9. The van der Waals surface area contributed by atoms with Crippen molar-refractivity contribution in [3.63, 3.8) is 0 Å². The van der Waals surface area contributed by atoms with Crippen LogP contribution in [0.3, 0.4) is 0 Å². The maximum Gasteiger partial charge on any atom is 0.137 e. The summed E-state index contributed by atoms with van der Waals surface area (Å²) >= 11 is 0. The molecule has 1 N–H and O–H groups in total. The maximum atomic E-state index is 4.09. The third-order valence-electron chi connectivity index (χ3n) is 2.63. The zero-order valence-electron chi connectivity index (χ0n) is 10.9. The van der Waals surface area contributed by atoms with Gasteiger partial charge in [-0.05, 0) is 31.7 Å². The Balaban J connectivity index is 2.09. The number of aromatic nitrogens is 3. The van der Waals surface area contributed by atoms with Crippen molar-refractivity contribution in [3.05, 3.63) is 12.7 Å². The highest BCUT2D eigenvalue weighted by molar-refractivity contribution is 4.67. The predicted molar refractivity (Wildman–Crippen MR) is 66.2 cm³/mol. The lowest BCUT2D eigenvalue weighted by atomic mass is 9.92. The standard InChI is InChI=1S/C12H24N4/c1-11(14-7-6-12(2,3)4)5-8-16-10-13-9-15-16/h9-11,14H,5-8H2,1-4H3. The van der Waals surface area contributed by atoms with Crippen LogP contribution < -0.4 is 5.32 Å². The Morgan fingerprint density at radius 3 is 2.69 bits per heavy atom. The van der Waals surface area contributed by atoms with E-state index in [1.807, 2.05) is 4.68 Å². The average Bonchev–Trinajstić information content (AvgIpc) is 2.65. The molecule has 4 nitrogen and oxygen atoms in total. The first-order valence-electron chi connectivity index (χ1n) is 6.03. The minimum absolute atomic E-state index is 0.415. The van der Waals surface area contributed by atoms with Gasteiger partial charge in [0.1, 0.15) is 12.7 Å². The van der Waals surface area contributed by atoms with Crippen molar-refractivity contribution in [2.45, 2.75) is 53.1 Å². The molecule has 0 fully saturated rings. The van der Waals surface area contributed by atoms with Gasteiger partial charge in [-0.25, -0.2) is 4.98 Å². The van der Waals surface area contributed by atoms with Gasteiger partial charge in [0.15, 0.2) is 0 Å². The van der Waals surface area contributed by atoms with Gasteiger partial charge in [0, 0.05) is 12.6 Å². The minimum Gasteiger partial charge on any atom is -0.314 e. The Morgan fingerprint density at radius 1 is 1.38 bits per heavy atom. The highest BCUT2D eigenvalue weighted by Gasteiger charge is 2.10. The molecule has 0 aliphatic heterocycles. The van der Waals surface area contributed by atoms with Crippen LogP contribution >= 0.6 is 0 Å². The zero-order chi connectivity index (χ0) is 12.0. The molecule has 0 aromatic carbocycles. The molecule has 1 aromatic heterocycles. The SMILES string of the molecule is CC(CCn1cncn1)NCCC(C)(C)C. The molecular weight excluding hydrogens is 200 g/mol. The number of rotatable bonds is 6. The molecule has 1 atom stereocenters. The van der Waals surface area contributed by atoms with Gasteiger partial charge in [0.05, 0.1) is 0 Å². The number of hydrogen-bond donors (Lipinski definition) is 1. The van der Waals surface area contributed by atoms with Gasteiger partial charge in [0.25, 0.3) is 0 Å². The van der Waals surface area contributed by atoms with Crippen LogP contribution in [0.4, 0.5) is 0 Å². The minimum atomic E-state index is 0.415. The summed E-state index contributed by atoms with van der Waals surface area (Å²) in [5.74, 6) is 0. The largest absolute Gasteiger partial charge is 0.314 e. The van der Waals surface area contributed by atoms with Crippen LogP contribution in [0.1, 0.15) is 40.5 Å². The topological polar surface area (TPSA) is 42.7 Å². The van der Waals surface area contributed by atoms with Crippen molar-refractivity contribution in [2.75, 3.05) is 6.54 Å². The second-order valence-corrected chi connectivity index (χ2v) is 5.61. The number of nitrogens with one attached hydrogen (secondary N) is 1. The van der Waals surface area contributed by atoms with Crippen molar-refractivity contribution in [1.82, 2.24) is 20.1 Å². The highest BCUT2D eigenvalue weighted by atomic mass is 15.3. The Hall–Kier alpha value is -0.900. The lowest BCUT2D eigenvalue weighted by molar-refractivity contribution is 0.349. The van der Waals surface area contributed by atoms with E-state index in [4.69, 9.17) is 0 Å². The summed E-state index contributed by atoms with van der Waals surface area (Å²) in [6, 6.07) is 0.534. The van der Waals surface area contributed by atoms with Crippen molar-refractivity contribution >= 4 is 0 Å². The lowest BCUT2D eigenvalue weighted by Crippen LogP contribution is -2.30. The Labute approximate surface area is 98.5 Å². The highest BCUT2D eigenvalue weighted by Crippen LogP contribution is 2.17. The van der Waals surface area contributed by atoms with Gasteiger partial charge >= 0.3 is 0 Å². The van der Waals surface area contributed by atoms with E-state index >= 15 is 0 Å². The van der Waals surface area contributed by atoms with Crippen LogP contribution in [0.2, 0.25) is 0 Å². The summed E-state index contributed by atoms with van der Waals surface area (Å²) in [7, 11) is 0. The van der Waals surface area contributed by atoms with Gasteiger partial charge in [-0.3, -0.25) is 4.68 Å². The van der Waals surface area contributed by atoms with E-state index in [0.29, 0.717) is 11.5 Å². The Kier molecular flexibility index (Phi) is 4.93. The second-order valence-electron chi connectivity index (χ2n) is 5.61. The van der Waals surface area contributed by atoms with Crippen LogP contribution in [0.15, 0.2) is 12.7 Å². The fourth-order valence-corrected chi connectivity index (χ4v) is 1.47. The molecule has 0 aliphatic rings.